The van der Waals surface area contributed by atoms with Gasteiger partial charge in [0.2, 0.25) is 0 Å². The summed E-state index contributed by atoms with van der Waals surface area (Å²) in [4.78, 5) is 9.39. The molecule has 0 amide bonds. The number of nitrogens with zero attached hydrogens (tertiary/aromatic N) is 3. The van der Waals surface area contributed by atoms with Crippen LogP contribution in [0, 0.1) is 11.8 Å². The van der Waals surface area contributed by atoms with Crippen molar-refractivity contribution in [1.82, 2.24) is 15.1 Å². The van der Waals surface area contributed by atoms with E-state index in [1.165, 1.54) is 25.8 Å². The predicted molar refractivity (Wildman–Crippen MR) is 108 cm³/mol. The molecule has 0 radical (unpaired) electrons. The molecule has 1 rings (SSSR count). The Morgan fingerprint density at radius 1 is 1.14 bits per heavy atom. The van der Waals surface area contributed by atoms with Gasteiger partial charge in [0, 0.05) is 26.7 Å². The van der Waals surface area contributed by atoms with Gasteiger partial charge in [0.05, 0.1) is 0 Å². The van der Waals surface area contributed by atoms with E-state index in [9.17, 15) is 0 Å². The van der Waals surface area contributed by atoms with Crippen molar-refractivity contribution < 1.29 is 0 Å². The van der Waals surface area contributed by atoms with E-state index in [0.29, 0.717) is 0 Å². The molecule has 1 aliphatic heterocycles. The molecule has 1 aliphatic rings. The largest absolute Gasteiger partial charge is 0.356 e. The van der Waals surface area contributed by atoms with Crippen molar-refractivity contribution in [2.45, 2.75) is 47.0 Å². The molecule has 1 N–H and O–H groups in total. The lowest BCUT2D eigenvalue weighted by atomic mass is 9.92. The Labute approximate surface area is 155 Å². The van der Waals surface area contributed by atoms with Crippen LogP contribution in [-0.2, 0) is 0 Å². The van der Waals surface area contributed by atoms with Crippen molar-refractivity contribution in [1.29, 1.82) is 0 Å². The molecule has 1 saturated heterocycles. The number of rotatable bonds is 7. The highest BCUT2D eigenvalue weighted by Gasteiger charge is 2.23. The maximum absolute atomic E-state index is 4.47. The highest BCUT2D eigenvalue weighted by atomic mass is 127. The summed E-state index contributed by atoms with van der Waals surface area (Å²) in [5, 5.41) is 3.55. The van der Waals surface area contributed by atoms with Crippen LogP contribution in [0.15, 0.2) is 4.99 Å². The Hall–Kier alpha value is -0.0400. The first-order valence-electron chi connectivity index (χ1n) is 8.78. The zero-order chi connectivity index (χ0) is 15.7. The number of halogens is 1. The fourth-order valence-electron chi connectivity index (χ4n) is 3.37. The molecule has 0 aromatic heterocycles. The van der Waals surface area contributed by atoms with Gasteiger partial charge in [-0.1, -0.05) is 27.7 Å². The number of aliphatic imine (C=N–C) groups is 1. The third kappa shape index (κ3) is 7.99. The minimum atomic E-state index is 0. The predicted octanol–water partition coefficient (Wildman–Crippen LogP) is 3.28. The number of likely N-dealkylation sites (tertiary alicyclic amines) is 1. The Morgan fingerprint density at radius 2 is 1.73 bits per heavy atom. The zero-order valence-corrected chi connectivity index (χ0v) is 17.6. The lowest BCUT2D eigenvalue weighted by Crippen LogP contribution is -2.48. The molecule has 0 aromatic rings. The van der Waals surface area contributed by atoms with Crippen LogP contribution in [0.2, 0.25) is 0 Å². The molecule has 132 valence electrons. The van der Waals surface area contributed by atoms with E-state index in [2.05, 4.69) is 47.8 Å². The maximum atomic E-state index is 4.47. The van der Waals surface area contributed by atoms with E-state index in [0.717, 1.165) is 50.5 Å². The summed E-state index contributed by atoms with van der Waals surface area (Å²) in [5.74, 6) is 2.64. The van der Waals surface area contributed by atoms with E-state index < -0.39 is 0 Å². The first-order valence-corrected chi connectivity index (χ1v) is 8.78. The molecule has 1 fully saturated rings. The first-order chi connectivity index (χ1) is 10.1. The van der Waals surface area contributed by atoms with Gasteiger partial charge in [0.1, 0.15) is 0 Å². The molecule has 4 nitrogen and oxygen atoms in total. The van der Waals surface area contributed by atoms with Crippen LogP contribution >= 0.6 is 24.0 Å². The van der Waals surface area contributed by atoms with E-state index in [1.807, 2.05) is 7.05 Å². The number of hydrogen-bond donors (Lipinski definition) is 1. The first kappa shape index (κ1) is 22.0. The molecule has 2 atom stereocenters. The van der Waals surface area contributed by atoms with E-state index in [-0.39, 0.29) is 24.0 Å². The van der Waals surface area contributed by atoms with Crippen LogP contribution in [0.3, 0.4) is 0 Å². The van der Waals surface area contributed by atoms with Crippen molar-refractivity contribution in [2.75, 3.05) is 46.3 Å². The third-order valence-corrected chi connectivity index (χ3v) is 4.46. The molecule has 0 aromatic carbocycles. The molecular formula is C17H37IN4. The number of guanidine groups is 1. The number of hydrogen-bond acceptors (Lipinski definition) is 2. The molecular weight excluding hydrogens is 387 g/mol. The lowest BCUT2D eigenvalue weighted by molar-refractivity contribution is 0.208. The quantitative estimate of drug-likeness (QED) is 0.295. The van der Waals surface area contributed by atoms with Crippen molar-refractivity contribution in [3.05, 3.63) is 0 Å². The van der Waals surface area contributed by atoms with Gasteiger partial charge in [0.25, 0.3) is 0 Å². The minimum absolute atomic E-state index is 0. The Kier molecular flexibility index (Phi) is 12.4. The second-order valence-electron chi connectivity index (χ2n) is 6.56. The summed E-state index contributed by atoms with van der Waals surface area (Å²) in [6, 6.07) is 0. The summed E-state index contributed by atoms with van der Waals surface area (Å²) in [6.45, 7) is 16.0. The molecule has 0 aliphatic carbocycles. The van der Waals surface area contributed by atoms with Crippen LogP contribution in [0.5, 0.6) is 0 Å². The van der Waals surface area contributed by atoms with Gasteiger partial charge in [-0.3, -0.25) is 4.99 Å². The van der Waals surface area contributed by atoms with Crippen LogP contribution in [0.4, 0.5) is 0 Å². The lowest BCUT2D eigenvalue weighted by Gasteiger charge is -2.37. The van der Waals surface area contributed by atoms with Crippen molar-refractivity contribution in [2.24, 2.45) is 16.8 Å². The van der Waals surface area contributed by atoms with E-state index >= 15 is 0 Å². The molecule has 0 spiro atoms. The van der Waals surface area contributed by atoms with Gasteiger partial charge in [0.15, 0.2) is 5.96 Å². The van der Waals surface area contributed by atoms with Gasteiger partial charge in [-0.05, 0) is 50.7 Å². The van der Waals surface area contributed by atoms with Gasteiger partial charge >= 0.3 is 0 Å². The second kappa shape index (κ2) is 12.4. The second-order valence-corrected chi connectivity index (χ2v) is 6.56. The maximum Gasteiger partial charge on any atom is 0.193 e. The number of piperidine rings is 1. The Balaban J connectivity index is 0.00000441. The van der Waals surface area contributed by atoms with Crippen LogP contribution in [-0.4, -0.2) is 62.1 Å². The SMILES string of the molecule is CCN(CC)CCCCNC(=NC)N1CC(C)CC(C)C1.I. The van der Waals surface area contributed by atoms with Crippen molar-refractivity contribution in [3.8, 4) is 0 Å². The van der Waals surface area contributed by atoms with E-state index in [1.54, 1.807) is 0 Å². The summed E-state index contributed by atoms with van der Waals surface area (Å²) in [7, 11) is 1.90. The molecule has 5 heteroatoms. The fourth-order valence-corrected chi connectivity index (χ4v) is 3.37. The van der Waals surface area contributed by atoms with Crippen LogP contribution < -0.4 is 5.32 Å². The zero-order valence-electron chi connectivity index (χ0n) is 15.3. The Bertz CT molecular complexity index is 295. The molecule has 0 saturated carbocycles. The number of unbranched alkanes of at least 4 members (excludes halogenated alkanes) is 1. The Morgan fingerprint density at radius 3 is 2.23 bits per heavy atom. The smallest absolute Gasteiger partial charge is 0.193 e. The summed E-state index contributed by atoms with van der Waals surface area (Å²) >= 11 is 0. The normalized spacial score (nSPS) is 22.6. The average Bonchev–Trinajstić information content (AvgIpc) is 2.46. The van der Waals surface area contributed by atoms with Gasteiger partial charge in [-0.2, -0.15) is 0 Å². The minimum Gasteiger partial charge on any atom is -0.356 e. The van der Waals surface area contributed by atoms with Crippen molar-refractivity contribution >= 4 is 29.9 Å². The highest BCUT2D eigenvalue weighted by Crippen LogP contribution is 2.20. The van der Waals surface area contributed by atoms with Crippen LogP contribution in [0.25, 0.3) is 0 Å². The molecule has 22 heavy (non-hydrogen) atoms. The standard InChI is InChI=1S/C17H36N4.HI/c1-6-20(7-2)11-9-8-10-19-17(18-5)21-13-15(3)12-16(4)14-21;/h15-16H,6-14H2,1-5H3,(H,18,19);1H. The monoisotopic (exact) mass is 424 g/mol. The van der Waals surface area contributed by atoms with Crippen LogP contribution in [0.1, 0.15) is 47.0 Å². The van der Waals surface area contributed by atoms with E-state index in [4.69, 9.17) is 0 Å². The average molecular weight is 424 g/mol. The van der Waals surface area contributed by atoms with Crippen molar-refractivity contribution in [3.63, 3.8) is 0 Å². The van der Waals surface area contributed by atoms with Gasteiger partial charge in [-0.15, -0.1) is 24.0 Å². The summed E-state index contributed by atoms with van der Waals surface area (Å²) in [6.07, 6.45) is 3.82. The third-order valence-electron chi connectivity index (χ3n) is 4.46. The molecule has 1 heterocycles. The molecule has 2 unspecified atom stereocenters. The summed E-state index contributed by atoms with van der Waals surface area (Å²) in [5.41, 5.74) is 0. The van der Waals surface area contributed by atoms with Gasteiger partial charge in [-0.25, -0.2) is 0 Å². The highest BCUT2D eigenvalue weighted by molar-refractivity contribution is 14.0. The summed E-state index contributed by atoms with van der Waals surface area (Å²) < 4.78 is 0. The fraction of sp³-hybridized carbons (Fsp3) is 0.941. The van der Waals surface area contributed by atoms with Gasteiger partial charge < -0.3 is 15.1 Å². The topological polar surface area (TPSA) is 30.9 Å². The molecule has 0 bridgehead atoms. The number of nitrogens with one attached hydrogen (secondary N) is 1.